The van der Waals surface area contributed by atoms with Gasteiger partial charge >= 0.3 is 0 Å². The van der Waals surface area contributed by atoms with Crippen LogP contribution >= 0.6 is 0 Å². The lowest BCUT2D eigenvalue weighted by Gasteiger charge is -2.28. The van der Waals surface area contributed by atoms with Crippen molar-refractivity contribution in [2.45, 2.75) is 32.7 Å². The number of anilines is 2. The number of hydrogen-bond acceptors (Lipinski definition) is 6. The molecule has 1 aromatic heterocycles. The van der Waals surface area contributed by atoms with Crippen molar-refractivity contribution < 1.29 is 10.2 Å². The number of nitrogens with zero attached hydrogens (tertiary/aromatic N) is 2. The largest absolute Gasteiger partial charge is 0.394 e. The molecule has 0 aromatic carbocycles. The van der Waals surface area contributed by atoms with E-state index in [0.717, 1.165) is 17.8 Å². The van der Waals surface area contributed by atoms with Crippen molar-refractivity contribution >= 4 is 11.6 Å². The summed E-state index contributed by atoms with van der Waals surface area (Å²) in [5.41, 5.74) is 0.0672. The molecule has 1 aromatic rings. The van der Waals surface area contributed by atoms with Crippen LogP contribution in [0.15, 0.2) is 0 Å². The first kappa shape index (κ1) is 14.7. The average Bonchev–Trinajstić information content (AvgIpc) is 2.40. The number of hydrogen-bond donors (Lipinski definition) is 4. The van der Waals surface area contributed by atoms with Crippen LogP contribution in [-0.2, 0) is 6.42 Å². The van der Waals surface area contributed by atoms with Crippen molar-refractivity contribution in [2.24, 2.45) is 0 Å². The molecule has 0 radical (unpaired) electrons. The van der Waals surface area contributed by atoms with E-state index in [2.05, 4.69) is 20.6 Å². The van der Waals surface area contributed by atoms with Gasteiger partial charge < -0.3 is 20.8 Å². The molecule has 0 aliphatic carbocycles. The second-order valence-electron chi connectivity index (χ2n) is 4.57. The highest BCUT2D eigenvalue weighted by molar-refractivity contribution is 5.58. The molecular formula is C12H22N4O2. The molecule has 0 saturated carbocycles. The topological polar surface area (TPSA) is 90.3 Å². The molecule has 4 N–H and O–H groups in total. The number of rotatable bonds is 6. The first-order chi connectivity index (χ1) is 8.49. The molecule has 0 unspecified atom stereocenters. The fraction of sp³-hybridized carbons (Fsp3) is 0.667. The molecule has 0 atom stereocenters. The van der Waals surface area contributed by atoms with Crippen LogP contribution < -0.4 is 10.6 Å². The Kier molecular flexibility index (Phi) is 4.86. The Balaban J connectivity index is 3.15. The van der Waals surface area contributed by atoms with Crippen molar-refractivity contribution in [3.05, 3.63) is 11.4 Å². The van der Waals surface area contributed by atoms with Gasteiger partial charge in [0.25, 0.3) is 0 Å². The van der Waals surface area contributed by atoms with Gasteiger partial charge in [-0.2, -0.15) is 0 Å². The fourth-order valence-corrected chi connectivity index (χ4v) is 1.50. The molecule has 0 bridgehead atoms. The van der Waals surface area contributed by atoms with Crippen LogP contribution in [0.4, 0.5) is 11.6 Å². The Bertz CT molecular complexity index is 405. The van der Waals surface area contributed by atoms with Gasteiger partial charge in [0.05, 0.1) is 18.8 Å². The van der Waals surface area contributed by atoms with Gasteiger partial charge in [-0.25, -0.2) is 9.97 Å². The van der Waals surface area contributed by atoms with Gasteiger partial charge in [-0.1, -0.05) is 6.92 Å². The third-order valence-corrected chi connectivity index (χ3v) is 2.86. The van der Waals surface area contributed by atoms with Gasteiger partial charge in [-0.3, -0.25) is 0 Å². The van der Waals surface area contributed by atoms with Gasteiger partial charge in [0.1, 0.15) is 17.5 Å². The maximum atomic E-state index is 9.31. The van der Waals surface area contributed by atoms with Crippen LogP contribution in [0.3, 0.4) is 0 Å². The summed E-state index contributed by atoms with van der Waals surface area (Å²) in [6.07, 6.45) is 0.721. The van der Waals surface area contributed by atoms with Crippen LogP contribution in [0.5, 0.6) is 0 Å². The van der Waals surface area contributed by atoms with E-state index in [4.69, 9.17) is 0 Å². The number of aryl methyl sites for hydroxylation is 1. The van der Waals surface area contributed by atoms with E-state index in [0.29, 0.717) is 11.6 Å². The number of aliphatic hydroxyl groups excluding tert-OH is 2. The van der Waals surface area contributed by atoms with E-state index in [1.165, 1.54) is 0 Å². The van der Waals surface area contributed by atoms with Gasteiger partial charge in [-0.15, -0.1) is 0 Å². The minimum absolute atomic E-state index is 0.177. The number of aliphatic hydroxyl groups is 2. The zero-order valence-corrected chi connectivity index (χ0v) is 11.4. The highest BCUT2D eigenvalue weighted by atomic mass is 16.3. The zero-order valence-electron chi connectivity index (χ0n) is 11.4. The van der Waals surface area contributed by atoms with Crippen LogP contribution in [0, 0.1) is 6.92 Å². The summed E-state index contributed by atoms with van der Waals surface area (Å²) in [6.45, 7) is 5.25. The highest BCUT2D eigenvalue weighted by Crippen LogP contribution is 2.22. The predicted octanol–water partition coefficient (Wildman–Crippen LogP) is 0.544. The Morgan fingerprint density at radius 3 is 2.17 bits per heavy atom. The first-order valence-electron chi connectivity index (χ1n) is 6.04. The molecule has 18 heavy (non-hydrogen) atoms. The summed E-state index contributed by atoms with van der Waals surface area (Å²) >= 11 is 0. The molecule has 1 heterocycles. The number of nitrogens with one attached hydrogen (secondary N) is 2. The summed E-state index contributed by atoms with van der Waals surface area (Å²) in [5.74, 6) is 2.10. The Morgan fingerprint density at radius 1 is 1.17 bits per heavy atom. The normalized spacial score (nSPS) is 11.4. The molecular weight excluding hydrogens is 232 g/mol. The quantitative estimate of drug-likeness (QED) is 0.592. The van der Waals surface area contributed by atoms with E-state index in [9.17, 15) is 10.2 Å². The lowest BCUT2D eigenvalue weighted by atomic mass is 10.1. The summed E-state index contributed by atoms with van der Waals surface area (Å²) in [4.78, 5) is 8.76. The van der Waals surface area contributed by atoms with Crippen molar-refractivity contribution in [1.29, 1.82) is 0 Å². The van der Waals surface area contributed by atoms with E-state index in [-0.39, 0.29) is 13.2 Å². The smallest absolute Gasteiger partial charge is 0.135 e. The predicted molar refractivity (Wildman–Crippen MR) is 71.9 cm³/mol. The first-order valence-corrected chi connectivity index (χ1v) is 6.04. The van der Waals surface area contributed by atoms with Crippen molar-refractivity contribution in [1.82, 2.24) is 9.97 Å². The van der Waals surface area contributed by atoms with E-state index in [1.807, 2.05) is 13.8 Å². The minimum Gasteiger partial charge on any atom is -0.394 e. The fourth-order valence-electron chi connectivity index (χ4n) is 1.50. The van der Waals surface area contributed by atoms with Gasteiger partial charge in [0.15, 0.2) is 0 Å². The van der Waals surface area contributed by atoms with Crippen molar-refractivity contribution in [2.75, 3.05) is 30.9 Å². The van der Waals surface area contributed by atoms with Gasteiger partial charge in [0.2, 0.25) is 0 Å². The van der Waals surface area contributed by atoms with Crippen molar-refractivity contribution in [3.63, 3.8) is 0 Å². The lowest BCUT2D eigenvalue weighted by Crippen LogP contribution is -2.43. The Hall–Kier alpha value is -1.40. The number of aromatic nitrogens is 2. The van der Waals surface area contributed by atoms with Gasteiger partial charge in [-0.05, 0) is 13.8 Å². The maximum Gasteiger partial charge on any atom is 0.135 e. The average molecular weight is 254 g/mol. The standard InChI is InChI=1S/C12H22N4O2/c1-5-9-14-10(13-4)8(2)11(15-9)16-12(3,6-17)7-18/h17-18H,5-7H2,1-4H3,(H2,13,14,15,16). The minimum atomic E-state index is -0.796. The molecule has 0 fully saturated rings. The third-order valence-electron chi connectivity index (χ3n) is 2.86. The summed E-state index contributed by atoms with van der Waals surface area (Å²) < 4.78 is 0. The summed E-state index contributed by atoms with van der Waals surface area (Å²) in [7, 11) is 1.80. The molecule has 0 aliphatic rings. The second-order valence-corrected chi connectivity index (χ2v) is 4.57. The molecule has 6 nitrogen and oxygen atoms in total. The summed E-state index contributed by atoms with van der Waals surface area (Å²) in [5, 5.41) is 24.7. The summed E-state index contributed by atoms with van der Waals surface area (Å²) in [6, 6.07) is 0. The Morgan fingerprint density at radius 2 is 1.72 bits per heavy atom. The van der Waals surface area contributed by atoms with Crippen LogP contribution in [0.1, 0.15) is 25.2 Å². The molecule has 0 amide bonds. The molecule has 0 spiro atoms. The van der Waals surface area contributed by atoms with Crippen molar-refractivity contribution in [3.8, 4) is 0 Å². The molecule has 6 heteroatoms. The highest BCUT2D eigenvalue weighted by Gasteiger charge is 2.24. The second kappa shape index (κ2) is 5.97. The van der Waals surface area contributed by atoms with Gasteiger partial charge in [0, 0.05) is 19.0 Å². The molecule has 0 aliphatic heterocycles. The van der Waals surface area contributed by atoms with Crippen LogP contribution in [0.2, 0.25) is 0 Å². The Labute approximate surface area is 107 Å². The van der Waals surface area contributed by atoms with E-state index >= 15 is 0 Å². The molecule has 102 valence electrons. The molecule has 0 saturated heterocycles. The van der Waals surface area contributed by atoms with E-state index in [1.54, 1.807) is 14.0 Å². The lowest BCUT2D eigenvalue weighted by molar-refractivity contribution is 0.147. The van der Waals surface area contributed by atoms with Crippen LogP contribution in [-0.4, -0.2) is 46.0 Å². The SMILES string of the molecule is CCc1nc(NC)c(C)c(NC(C)(CO)CO)n1. The zero-order chi connectivity index (χ0) is 13.8. The maximum absolute atomic E-state index is 9.31. The van der Waals surface area contributed by atoms with E-state index < -0.39 is 5.54 Å². The third kappa shape index (κ3) is 3.08. The monoisotopic (exact) mass is 254 g/mol. The van der Waals surface area contributed by atoms with Crippen LogP contribution in [0.25, 0.3) is 0 Å². The molecule has 1 rings (SSSR count).